The Balaban J connectivity index is 2.27. The fourth-order valence-electron chi connectivity index (χ4n) is 2.96. The van der Waals surface area contributed by atoms with E-state index in [9.17, 15) is 4.79 Å². The van der Waals surface area contributed by atoms with Crippen molar-refractivity contribution in [2.75, 3.05) is 40.0 Å². The zero-order chi connectivity index (χ0) is 21.5. The van der Waals surface area contributed by atoms with Crippen LogP contribution < -0.4 is 16.0 Å². The van der Waals surface area contributed by atoms with E-state index in [-0.39, 0.29) is 12.1 Å². The van der Waals surface area contributed by atoms with Gasteiger partial charge in [0.1, 0.15) is 5.60 Å². The number of ether oxygens (including phenoxy) is 3. The van der Waals surface area contributed by atoms with Gasteiger partial charge in [-0.2, -0.15) is 0 Å². The van der Waals surface area contributed by atoms with Crippen LogP contribution in [0.1, 0.15) is 66.2 Å². The lowest BCUT2D eigenvalue weighted by Crippen LogP contribution is -2.49. The smallest absolute Gasteiger partial charge is 0.407 e. The number of nitrogens with zero attached hydrogens (tertiary/aromatic N) is 1. The van der Waals surface area contributed by atoms with E-state index >= 15 is 0 Å². The second kappa shape index (κ2) is 14.4. The van der Waals surface area contributed by atoms with Crippen LogP contribution in [0.5, 0.6) is 0 Å². The number of carbonyl (C=O) groups is 1. The third kappa shape index (κ3) is 13.3. The van der Waals surface area contributed by atoms with Crippen molar-refractivity contribution in [3.63, 3.8) is 0 Å². The van der Waals surface area contributed by atoms with Crippen LogP contribution >= 0.6 is 0 Å². The van der Waals surface area contributed by atoms with E-state index in [1.54, 1.807) is 7.05 Å². The molecule has 0 radical (unpaired) electrons. The van der Waals surface area contributed by atoms with Crippen molar-refractivity contribution in [3.8, 4) is 0 Å². The molecule has 1 heterocycles. The summed E-state index contributed by atoms with van der Waals surface area (Å²) in [6, 6.07) is 0.0874. The third-order valence-electron chi connectivity index (χ3n) is 4.45. The minimum atomic E-state index is -0.500. The average molecular weight is 415 g/mol. The molecule has 0 aliphatic carbocycles. The van der Waals surface area contributed by atoms with E-state index < -0.39 is 11.7 Å². The first-order chi connectivity index (χ1) is 13.8. The molecule has 2 unspecified atom stereocenters. The summed E-state index contributed by atoms with van der Waals surface area (Å²) in [5.41, 5.74) is -0.500. The molecule has 170 valence electrons. The number of hydrogen-bond acceptors (Lipinski definition) is 5. The zero-order valence-corrected chi connectivity index (χ0v) is 19.0. The van der Waals surface area contributed by atoms with Gasteiger partial charge in [0, 0.05) is 39.4 Å². The summed E-state index contributed by atoms with van der Waals surface area (Å²) in [6.07, 6.45) is 6.12. The van der Waals surface area contributed by atoms with Gasteiger partial charge in [-0.3, -0.25) is 4.99 Å². The van der Waals surface area contributed by atoms with Crippen LogP contribution in [0.25, 0.3) is 0 Å². The molecule has 0 spiro atoms. The molecule has 1 fully saturated rings. The van der Waals surface area contributed by atoms with Gasteiger partial charge in [0.15, 0.2) is 5.96 Å². The number of unbranched alkanes of at least 4 members (excludes halogenated alkanes) is 1. The van der Waals surface area contributed by atoms with E-state index in [0.29, 0.717) is 19.8 Å². The Morgan fingerprint density at radius 1 is 1.28 bits per heavy atom. The lowest BCUT2D eigenvalue weighted by molar-refractivity contribution is 0.0168. The molecule has 1 aliphatic rings. The van der Waals surface area contributed by atoms with E-state index in [1.165, 1.54) is 0 Å². The summed E-state index contributed by atoms with van der Waals surface area (Å²) in [6.45, 7) is 11.2. The molecule has 2 atom stereocenters. The van der Waals surface area contributed by atoms with Crippen LogP contribution in [0, 0.1) is 0 Å². The highest BCUT2D eigenvalue weighted by Crippen LogP contribution is 2.11. The van der Waals surface area contributed by atoms with Gasteiger partial charge < -0.3 is 30.2 Å². The summed E-state index contributed by atoms with van der Waals surface area (Å²) < 4.78 is 16.6. The molecule has 3 N–H and O–H groups in total. The second-order valence-corrected chi connectivity index (χ2v) is 8.43. The molecule has 0 aromatic carbocycles. The van der Waals surface area contributed by atoms with E-state index in [2.05, 4.69) is 27.9 Å². The SMILES string of the molecule is CCCCC(CNC(=O)OC(C)(C)C)NC(=NC)NCCCOCC1CCCO1. The van der Waals surface area contributed by atoms with Crippen molar-refractivity contribution in [1.82, 2.24) is 16.0 Å². The van der Waals surface area contributed by atoms with Crippen LogP contribution in [0.15, 0.2) is 4.99 Å². The van der Waals surface area contributed by atoms with Gasteiger partial charge in [0.2, 0.25) is 0 Å². The quantitative estimate of drug-likeness (QED) is 0.258. The summed E-state index contributed by atoms with van der Waals surface area (Å²) in [4.78, 5) is 16.2. The van der Waals surface area contributed by atoms with Gasteiger partial charge in [-0.1, -0.05) is 19.8 Å². The predicted octanol–water partition coefficient (Wildman–Crippen LogP) is 2.82. The van der Waals surface area contributed by atoms with Gasteiger partial charge in [0.25, 0.3) is 0 Å². The number of nitrogens with one attached hydrogen (secondary N) is 3. The first-order valence-corrected chi connectivity index (χ1v) is 11.0. The van der Waals surface area contributed by atoms with Gasteiger partial charge in [0.05, 0.1) is 12.7 Å². The largest absolute Gasteiger partial charge is 0.444 e. The molecule has 1 rings (SSSR count). The Labute approximate surface area is 176 Å². The normalized spacial score (nSPS) is 18.4. The Kier molecular flexibility index (Phi) is 12.7. The Morgan fingerprint density at radius 3 is 2.69 bits per heavy atom. The maximum atomic E-state index is 11.9. The zero-order valence-electron chi connectivity index (χ0n) is 19.0. The molecule has 8 nitrogen and oxygen atoms in total. The molecule has 0 aromatic rings. The number of aliphatic imine (C=N–C) groups is 1. The van der Waals surface area contributed by atoms with Gasteiger partial charge in [-0.05, 0) is 46.5 Å². The van der Waals surface area contributed by atoms with E-state index in [1.807, 2.05) is 20.8 Å². The summed E-state index contributed by atoms with van der Waals surface area (Å²) in [5, 5.41) is 9.56. The van der Waals surface area contributed by atoms with E-state index in [0.717, 1.165) is 57.6 Å². The highest BCUT2D eigenvalue weighted by Gasteiger charge is 2.18. The predicted molar refractivity (Wildman–Crippen MR) is 116 cm³/mol. The maximum Gasteiger partial charge on any atom is 0.407 e. The topological polar surface area (TPSA) is 93.2 Å². The van der Waals surface area contributed by atoms with E-state index in [4.69, 9.17) is 14.2 Å². The van der Waals surface area contributed by atoms with Crippen LogP contribution in [0.2, 0.25) is 0 Å². The fourth-order valence-corrected chi connectivity index (χ4v) is 2.96. The highest BCUT2D eigenvalue weighted by molar-refractivity contribution is 5.80. The second-order valence-electron chi connectivity index (χ2n) is 8.43. The number of rotatable bonds is 12. The van der Waals surface area contributed by atoms with Crippen molar-refractivity contribution >= 4 is 12.1 Å². The van der Waals surface area contributed by atoms with Crippen molar-refractivity contribution < 1.29 is 19.0 Å². The number of hydrogen-bond donors (Lipinski definition) is 3. The molecule has 1 saturated heterocycles. The summed E-state index contributed by atoms with van der Waals surface area (Å²) >= 11 is 0. The summed E-state index contributed by atoms with van der Waals surface area (Å²) in [7, 11) is 1.75. The fraction of sp³-hybridized carbons (Fsp3) is 0.905. The minimum absolute atomic E-state index is 0.0874. The number of alkyl carbamates (subject to hydrolysis) is 1. The minimum Gasteiger partial charge on any atom is -0.444 e. The molecule has 8 heteroatoms. The lowest BCUT2D eigenvalue weighted by Gasteiger charge is -2.24. The highest BCUT2D eigenvalue weighted by atomic mass is 16.6. The van der Waals surface area contributed by atoms with Crippen molar-refractivity contribution in [1.29, 1.82) is 0 Å². The molecular weight excluding hydrogens is 372 g/mol. The third-order valence-corrected chi connectivity index (χ3v) is 4.45. The van der Waals surface area contributed by atoms with Gasteiger partial charge >= 0.3 is 6.09 Å². The molecule has 1 amide bonds. The first kappa shape index (κ1) is 25.5. The Hall–Kier alpha value is -1.54. The maximum absolute atomic E-state index is 11.9. The first-order valence-electron chi connectivity index (χ1n) is 11.0. The molecule has 1 aliphatic heterocycles. The molecule has 0 bridgehead atoms. The van der Waals surface area contributed by atoms with Crippen LogP contribution in [-0.4, -0.2) is 69.8 Å². The Bertz CT molecular complexity index is 474. The molecular formula is C21H42N4O4. The number of carbonyl (C=O) groups excluding carboxylic acids is 1. The van der Waals surface area contributed by atoms with Crippen molar-refractivity contribution in [2.24, 2.45) is 4.99 Å². The van der Waals surface area contributed by atoms with Gasteiger partial charge in [-0.15, -0.1) is 0 Å². The number of guanidine groups is 1. The van der Waals surface area contributed by atoms with Crippen LogP contribution in [-0.2, 0) is 14.2 Å². The molecule has 29 heavy (non-hydrogen) atoms. The molecule has 0 saturated carbocycles. The monoisotopic (exact) mass is 414 g/mol. The van der Waals surface area contributed by atoms with Crippen molar-refractivity contribution in [3.05, 3.63) is 0 Å². The summed E-state index contributed by atoms with van der Waals surface area (Å²) in [5.74, 6) is 0.733. The van der Waals surface area contributed by atoms with Crippen LogP contribution in [0.3, 0.4) is 0 Å². The number of amides is 1. The van der Waals surface area contributed by atoms with Gasteiger partial charge in [-0.25, -0.2) is 4.79 Å². The lowest BCUT2D eigenvalue weighted by atomic mass is 10.1. The average Bonchev–Trinajstić information content (AvgIpc) is 3.17. The molecule has 0 aromatic heterocycles. The van der Waals surface area contributed by atoms with Crippen LogP contribution in [0.4, 0.5) is 4.79 Å². The standard InChI is InChI=1S/C21H42N4O4/c1-6-7-10-17(15-24-20(26)29-21(2,3)4)25-19(22-5)23-12-9-13-27-16-18-11-8-14-28-18/h17-18H,6-16H2,1-5H3,(H,24,26)(H2,22,23,25). The van der Waals surface area contributed by atoms with Crippen molar-refractivity contribution in [2.45, 2.75) is 84.0 Å². The Morgan fingerprint density at radius 2 is 2.07 bits per heavy atom.